The highest BCUT2D eigenvalue weighted by Gasteiger charge is 1.97. The molecule has 0 radical (unpaired) electrons. The standard InChI is InChI=1S/C9H12O4/c1-2-3-6-9(12)13-7-4-5-8(10)11/h2,4,7H,1,3,5-6H2,(H,10,11). The summed E-state index contributed by atoms with van der Waals surface area (Å²) in [5, 5.41) is 8.22. The third-order valence-electron chi connectivity index (χ3n) is 1.14. The number of carbonyl (C=O) groups is 2. The molecule has 0 aromatic rings. The maximum Gasteiger partial charge on any atom is 0.310 e. The van der Waals surface area contributed by atoms with Crippen LogP contribution in [0, 0.1) is 0 Å². The normalized spacial score (nSPS) is 9.85. The lowest BCUT2D eigenvalue weighted by atomic mass is 10.3. The van der Waals surface area contributed by atoms with Gasteiger partial charge in [-0.1, -0.05) is 6.08 Å². The second-order valence-electron chi connectivity index (χ2n) is 2.29. The largest absolute Gasteiger partial charge is 0.481 e. The summed E-state index contributed by atoms with van der Waals surface area (Å²) in [6.07, 6.45) is 4.66. The summed E-state index contributed by atoms with van der Waals surface area (Å²) in [4.78, 5) is 20.8. The van der Waals surface area contributed by atoms with Gasteiger partial charge in [-0.25, -0.2) is 0 Å². The molecule has 72 valence electrons. The molecule has 4 nitrogen and oxygen atoms in total. The first kappa shape index (κ1) is 11.4. The zero-order valence-electron chi connectivity index (χ0n) is 7.23. The molecule has 0 saturated heterocycles. The second-order valence-corrected chi connectivity index (χ2v) is 2.29. The highest BCUT2D eigenvalue weighted by atomic mass is 16.5. The number of carboxylic acids is 1. The first-order valence-corrected chi connectivity index (χ1v) is 3.84. The molecule has 0 fully saturated rings. The lowest BCUT2D eigenvalue weighted by Gasteiger charge is -1.94. The van der Waals surface area contributed by atoms with E-state index in [0.717, 1.165) is 6.26 Å². The third-order valence-corrected chi connectivity index (χ3v) is 1.14. The van der Waals surface area contributed by atoms with Crippen molar-refractivity contribution in [3.05, 3.63) is 25.0 Å². The fourth-order valence-electron chi connectivity index (χ4n) is 0.552. The van der Waals surface area contributed by atoms with Crippen molar-refractivity contribution in [3.63, 3.8) is 0 Å². The van der Waals surface area contributed by atoms with E-state index in [1.165, 1.54) is 6.08 Å². The van der Waals surface area contributed by atoms with E-state index in [-0.39, 0.29) is 18.8 Å². The second kappa shape index (κ2) is 7.09. The van der Waals surface area contributed by atoms with Gasteiger partial charge in [-0.15, -0.1) is 6.58 Å². The van der Waals surface area contributed by atoms with E-state index in [1.54, 1.807) is 6.08 Å². The predicted molar refractivity (Wildman–Crippen MR) is 46.9 cm³/mol. The molecule has 0 heterocycles. The monoisotopic (exact) mass is 184 g/mol. The van der Waals surface area contributed by atoms with Gasteiger partial charge in [0.05, 0.1) is 12.7 Å². The summed E-state index contributed by atoms with van der Waals surface area (Å²) < 4.78 is 4.56. The Morgan fingerprint density at radius 1 is 1.46 bits per heavy atom. The minimum atomic E-state index is -0.960. The SMILES string of the molecule is C=CCCC(=O)OC=CCC(=O)O. The van der Waals surface area contributed by atoms with Crippen molar-refractivity contribution < 1.29 is 19.4 Å². The van der Waals surface area contributed by atoms with E-state index < -0.39 is 5.97 Å². The van der Waals surface area contributed by atoms with E-state index in [9.17, 15) is 9.59 Å². The molecule has 13 heavy (non-hydrogen) atoms. The molecule has 0 aliphatic carbocycles. The van der Waals surface area contributed by atoms with Crippen LogP contribution < -0.4 is 0 Å². The number of ether oxygens (including phenoxy) is 1. The van der Waals surface area contributed by atoms with Gasteiger partial charge >= 0.3 is 11.9 Å². The van der Waals surface area contributed by atoms with Crippen LogP contribution in [-0.4, -0.2) is 17.0 Å². The van der Waals surface area contributed by atoms with Gasteiger partial charge in [-0.05, 0) is 12.5 Å². The zero-order chi connectivity index (χ0) is 10.1. The van der Waals surface area contributed by atoms with Crippen molar-refractivity contribution in [1.29, 1.82) is 0 Å². The van der Waals surface area contributed by atoms with Gasteiger partial charge in [0, 0.05) is 6.42 Å². The number of carbonyl (C=O) groups excluding carboxylic acids is 1. The van der Waals surface area contributed by atoms with Gasteiger partial charge in [-0.2, -0.15) is 0 Å². The fourth-order valence-corrected chi connectivity index (χ4v) is 0.552. The van der Waals surface area contributed by atoms with Crippen LogP contribution in [0.15, 0.2) is 25.0 Å². The lowest BCUT2D eigenvalue weighted by molar-refractivity contribution is -0.139. The number of esters is 1. The smallest absolute Gasteiger partial charge is 0.310 e. The molecule has 0 rings (SSSR count). The first-order chi connectivity index (χ1) is 6.16. The average Bonchev–Trinajstić information content (AvgIpc) is 2.08. The number of carboxylic acid groups (broad SMARTS) is 1. The molecule has 0 aromatic carbocycles. The van der Waals surface area contributed by atoms with Crippen molar-refractivity contribution in [1.82, 2.24) is 0 Å². The summed E-state index contributed by atoms with van der Waals surface area (Å²) >= 11 is 0. The average molecular weight is 184 g/mol. The molecule has 0 aliphatic rings. The highest BCUT2D eigenvalue weighted by Crippen LogP contribution is 1.94. The van der Waals surface area contributed by atoms with Crippen LogP contribution in [0.2, 0.25) is 0 Å². The molecule has 0 aromatic heterocycles. The van der Waals surface area contributed by atoms with Crippen LogP contribution in [0.3, 0.4) is 0 Å². The lowest BCUT2D eigenvalue weighted by Crippen LogP contribution is -1.98. The molecule has 0 atom stereocenters. The summed E-state index contributed by atoms with van der Waals surface area (Å²) in [5.41, 5.74) is 0. The van der Waals surface area contributed by atoms with E-state index in [4.69, 9.17) is 5.11 Å². The molecule has 0 aliphatic heterocycles. The van der Waals surface area contributed by atoms with Crippen LogP contribution in [0.1, 0.15) is 19.3 Å². The highest BCUT2D eigenvalue weighted by molar-refractivity contribution is 5.70. The van der Waals surface area contributed by atoms with Crippen LogP contribution in [0.5, 0.6) is 0 Å². The van der Waals surface area contributed by atoms with Crippen molar-refractivity contribution in [3.8, 4) is 0 Å². The maximum absolute atomic E-state index is 10.8. The maximum atomic E-state index is 10.8. The first-order valence-electron chi connectivity index (χ1n) is 3.84. The molecular formula is C9H12O4. The Morgan fingerprint density at radius 3 is 2.69 bits per heavy atom. The third kappa shape index (κ3) is 8.33. The molecule has 4 heteroatoms. The molecule has 0 amide bonds. The number of aliphatic carboxylic acids is 1. The van der Waals surface area contributed by atoms with Crippen molar-refractivity contribution in [2.45, 2.75) is 19.3 Å². The minimum absolute atomic E-state index is 0.144. The van der Waals surface area contributed by atoms with Gasteiger partial charge in [0.2, 0.25) is 0 Å². The van der Waals surface area contributed by atoms with E-state index in [0.29, 0.717) is 6.42 Å². The molecule has 0 spiro atoms. The van der Waals surface area contributed by atoms with E-state index >= 15 is 0 Å². The minimum Gasteiger partial charge on any atom is -0.481 e. The number of rotatable bonds is 6. The Morgan fingerprint density at radius 2 is 2.15 bits per heavy atom. The van der Waals surface area contributed by atoms with Crippen LogP contribution in [0.4, 0.5) is 0 Å². The molecule has 1 N–H and O–H groups in total. The zero-order valence-corrected chi connectivity index (χ0v) is 7.23. The Hall–Kier alpha value is -1.58. The predicted octanol–water partition coefficient (Wildman–Crippen LogP) is 1.48. The molecule has 0 bridgehead atoms. The van der Waals surface area contributed by atoms with Gasteiger partial charge < -0.3 is 9.84 Å². The van der Waals surface area contributed by atoms with Crippen LogP contribution in [0.25, 0.3) is 0 Å². The van der Waals surface area contributed by atoms with Crippen molar-refractivity contribution in [2.24, 2.45) is 0 Å². The summed E-state index contributed by atoms with van der Waals surface area (Å²) in [6.45, 7) is 3.45. The van der Waals surface area contributed by atoms with Gasteiger partial charge in [-0.3, -0.25) is 9.59 Å². The topological polar surface area (TPSA) is 63.6 Å². The Balaban J connectivity index is 3.51. The number of hydrogen-bond acceptors (Lipinski definition) is 3. The van der Waals surface area contributed by atoms with E-state index in [2.05, 4.69) is 11.3 Å². The summed E-state index contributed by atoms with van der Waals surface area (Å²) in [6, 6.07) is 0. The van der Waals surface area contributed by atoms with Crippen LogP contribution >= 0.6 is 0 Å². The molecule has 0 unspecified atom stereocenters. The van der Waals surface area contributed by atoms with Gasteiger partial charge in [0.25, 0.3) is 0 Å². The molecular weight excluding hydrogens is 172 g/mol. The Bertz CT molecular complexity index is 218. The number of allylic oxidation sites excluding steroid dienone is 1. The molecule has 0 saturated carbocycles. The summed E-state index contributed by atoms with van der Waals surface area (Å²) in [5.74, 6) is -1.35. The fraction of sp³-hybridized carbons (Fsp3) is 0.333. The van der Waals surface area contributed by atoms with Gasteiger partial charge in [0.15, 0.2) is 0 Å². The summed E-state index contributed by atoms with van der Waals surface area (Å²) in [7, 11) is 0. The van der Waals surface area contributed by atoms with Crippen LogP contribution in [-0.2, 0) is 14.3 Å². The van der Waals surface area contributed by atoms with Gasteiger partial charge in [0.1, 0.15) is 0 Å². The van der Waals surface area contributed by atoms with E-state index in [1.807, 2.05) is 0 Å². The Labute approximate surface area is 76.5 Å². The van der Waals surface area contributed by atoms with Crippen molar-refractivity contribution >= 4 is 11.9 Å². The number of hydrogen-bond donors (Lipinski definition) is 1. The quantitative estimate of drug-likeness (QED) is 0.386. The Kier molecular flexibility index (Phi) is 6.23. The van der Waals surface area contributed by atoms with Crippen molar-refractivity contribution in [2.75, 3.05) is 0 Å².